The largest absolute Gasteiger partial charge is 0.493 e. The van der Waals surface area contributed by atoms with Crippen LogP contribution in [0.5, 0.6) is 11.5 Å². The quantitative estimate of drug-likeness (QED) is 0.741. The van der Waals surface area contributed by atoms with E-state index in [1.54, 1.807) is 13.2 Å². The summed E-state index contributed by atoms with van der Waals surface area (Å²) in [6.07, 6.45) is 4.99. The first-order valence-electron chi connectivity index (χ1n) is 6.63. The Labute approximate surface area is 118 Å². The Bertz CT molecular complexity index is 455. The maximum atomic E-state index is 10.7. The second-order valence-corrected chi connectivity index (χ2v) is 5.44. The molecule has 4 heteroatoms. The molecule has 0 aliphatic heterocycles. The topological polar surface area (TPSA) is 35.5 Å². The average molecular weight is 283 g/mol. The van der Waals surface area contributed by atoms with Crippen LogP contribution in [0.4, 0.5) is 0 Å². The maximum Gasteiger partial charge on any atom is 0.165 e. The normalized spacial score (nSPS) is 16.6. The summed E-state index contributed by atoms with van der Waals surface area (Å²) in [5.74, 6) is 1.46. The van der Waals surface area contributed by atoms with Crippen LogP contribution < -0.4 is 9.47 Å². The second-order valence-electron chi connectivity index (χ2n) is 5.00. The molecular formula is C15H19ClO3. The van der Waals surface area contributed by atoms with Gasteiger partial charge in [0.15, 0.2) is 11.5 Å². The molecule has 1 fully saturated rings. The van der Waals surface area contributed by atoms with Gasteiger partial charge in [-0.1, -0.05) is 18.5 Å². The summed E-state index contributed by atoms with van der Waals surface area (Å²) < 4.78 is 11.4. The van der Waals surface area contributed by atoms with Crippen molar-refractivity contribution in [3.63, 3.8) is 0 Å². The molecule has 0 radical (unpaired) electrons. The van der Waals surface area contributed by atoms with E-state index in [1.165, 1.54) is 6.42 Å². The molecule has 1 aliphatic carbocycles. The number of carbonyl (C=O) groups excluding carboxylic acids is 1. The molecule has 0 heterocycles. The van der Waals surface area contributed by atoms with Crippen molar-refractivity contribution in [1.82, 2.24) is 0 Å². The van der Waals surface area contributed by atoms with E-state index in [9.17, 15) is 4.79 Å². The zero-order valence-corrected chi connectivity index (χ0v) is 12.1. The Morgan fingerprint density at radius 1 is 1.47 bits per heavy atom. The van der Waals surface area contributed by atoms with E-state index in [2.05, 4.69) is 0 Å². The molecule has 0 bridgehead atoms. The molecule has 3 nitrogen and oxygen atoms in total. The molecule has 1 aliphatic rings. The molecule has 19 heavy (non-hydrogen) atoms. The van der Waals surface area contributed by atoms with Gasteiger partial charge in [0.1, 0.15) is 6.29 Å². The van der Waals surface area contributed by atoms with E-state index in [0.29, 0.717) is 17.2 Å². The lowest BCUT2D eigenvalue weighted by molar-refractivity contribution is -0.108. The summed E-state index contributed by atoms with van der Waals surface area (Å²) >= 11 is 6.11. The Kier molecular flexibility index (Phi) is 4.70. The SMILES string of the molecule is COc1cc(Cl)cc(C(C)CC=O)c1OC1CCC1. The van der Waals surface area contributed by atoms with Crippen molar-refractivity contribution in [2.45, 2.75) is 44.6 Å². The van der Waals surface area contributed by atoms with E-state index in [1.807, 2.05) is 13.0 Å². The molecule has 104 valence electrons. The van der Waals surface area contributed by atoms with Crippen molar-refractivity contribution in [2.75, 3.05) is 7.11 Å². The lowest BCUT2D eigenvalue weighted by Crippen LogP contribution is -2.25. The van der Waals surface area contributed by atoms with Gasteiger partial charge in [-0.2, -0.15) is 0 Å². The first-order chi connectivity index (χ1) is 9.15. The molecule has 1 saturated carbocycles. The summed E-state index contributed by atoms with van der Waals surface area (Å²) in [7, 11) is 1.60. The van der Waals surface area contributed by atoms with Crippen LogP contribution in [0.3, 0.4) is 0 Å². The van der Waals surface area contributed by atoms with Gasteiger partial charge in [-0.15, -0.1) is 0 Å². The molecule has 0 amide bonds. The van der Waals surface area contributed by atoms with Crippen molar-refractivity contribution in [3.05, 3.63) is 22.7 Å². The van der Waals surface area contributed by atoms with Crippen LogP contribution in [0, 0.1) is 0 Å². The van der Waals surface area contributed by atoms with Crippen LogP contribution in [0.1, 0.15) is 44.1 Å². The molecule has 1 aromatic carbocycles. The second kappa shape index (κ2) is 6.29. The van der Waals surface area contributed by atoms with E-state index in [-0.39, 0.29) is 12.0 Å². The van der Waals surface area contributed by atoms with E-state index in [0.717, 1.165) is 30.4 Å². The fourth-order valence-corrected chi connectivity index (χ4v) is 2.38. The minimum absolute atomic E-state index is 0.0696. The summed E-state index contributed by atoms with van der Waals surface area (Å²) in [4.78, 5) is 10.7. The third-order valence-electron chi connectivity index (χ3n) is 3.59. The van der Waals surface area contributed by atoms with Crippen LogP contribution in [0.25, 0.3) is 0 Å². The number of benzene rings is 1. The number of halogens is 1. The third-order valence-corrected chi connectivity index (χ3v) is 3.80. The first-order valence-corrected chi connectivity index (χ1v) is 7.01. The molecule has 2 rings (SSSR count). The molecule has 1 aromatic rings. The van der Waals surface area contributed by atoms with Gasteiger partial charge in [0.25, 0.3) is 0 Å². The predicted molar refractivity (Wildman–Crippen MR) is 75.4 cm³/mol. The first kappa shape index (κ1) is 14.2. The predicted octanol–water partition coefficient (Wildman–Crippen LogP) is 3.97. The number of hydrogen-bond acceptors (Lipinski definition) is 3. The van der Waals surface area contributed by atoms with Crippen molar-refractivity contribution in [3.8, 4) is 11.5 Å². The van der Waals surface area contributed by atoms with Crippen molar-refractivity contribution in [1.29, 1.82) is 0 Å². The van der Waals surface area contributed by atoms with Gasteiger partial charge in [0.2, 0.25) is 0 Å². The molecular weight excluding hydrogens is 264 g/mol. The minimum Gasteiger partial charge on any atom is -0.493 e. The van der Waals surface area contributed by atoms with Crippen molar-refractivity contribution in [2.24, 2.45) is 0 Å². The zero-order chi connectivity index (χ0) is 13.8. The van der Waals surface area contributed by atoms with Crippen LogP contribution in [0.15, 0.2) is 12.1 Å². The van der Waals surface area contributed by atoms with Gasteiger partial charge < -0.3 is 14.3 Å². The van der Waals surface area contributed by atoms with Crippen molar-refractivity contribution >= 4 is 17.9 Å². The number of carbonyl (C=O) groups is 1. The summed E-state index contributed by atoms with van der Waals surface area (Å²) in [5.41, 5.74) is 0.948. The maximum absolute atomic E-state index is 10.7. The number of ether oxygens (including phenoxy) is 2. The van der Waals surface area contributed by atoms with Gasteiger partial charge in [-0.05, 0) is 31.2 Å². The van der Waals surface area contributed by atoms with Crippen LogP contribution >= 0.6 is 11.6 Å². The monoisotopic (exact) mass is 282 g/mol. The summed E-state index contributed by atoms with van der Waals surface area (Å²) in [6.45, 7) is 1.99. The highest BCUT2D eigenvalue weighted by molar-refractivity contribution is 6.30. The number of rotatable bonds is 6. The lowest BCUT2D eigenvalue weighted by atomic mass is 9.94. The molecule has 0 spiro atoms. The Hall–Kier alpha value is -1.22. The molecule has 0 aromatic heterocycles. The third kappa shape index (κ3) is 3.21. The Morgan fingerprint density at radius 2 is 2.21 bits per heavy atom. The number of hydrogen-bond donors (Lipinski definition) is 0. The fraction of sp³-hybridized carbons (Fsp3) is 0.533. The number of aldehydes is 1. The minimum atomic E-state index is 0.0696. The molecule has 1 atom stereocenters. The standard InChI is InChI=1S/C15H19ClO3/c1-10(6-7-17)13-8-11(16)9-14(18-2)15(13)19-12-4-3-5-12/h7-10,12H,3-6H2,1-2H3. The number of methoxy groups -OCH3 is 1. The average Bonchev–Trinajstić information content (AvgIpc) is 2.34. The molecule has 1 unspecified atom stereocenters. The van der Waals surface area contributed by atoms with Crippen LogP contribution in [-0.2, 0) is 4.79 Å². The zero-order valence-electron chi connectivity index (χ0n) is 11.3. The summed E-state index contributed by atoms with van der Waals surface area (Å²) in [6, 6.07) is 3.62. The van der Waals surface area contributed by atoms with E-state index >= 15 is 0 Å². The van der Waals surface area contributed by atoms with E-state index in [4.69, 9.17) is 21.1 Å². The Morgan fingerprint density at radius 3 is 2.74 bits per heavy atom. The van der Waals surface area contributed by atoms with Crippen LogP contribution in [-0.4, -0.2) is 19.5 Å². The molecule has 0 N–H and O–H groups in total. The lowest BCUT2D eigenvalue weighted by Gasteiger charge is -2.29. The Balaban J connectivity index is 2.35. The van der Waals surface area contributed by atoms with Gasteiger partial charge in [0.05, 0.1) is 13.2 Å². The highest BCUT2D eigenvalue weighted by Crippen LogP contribution is 2.41. The van der Waals surface area contributed by atoms with Gasteiger partial charge in [-0.3, -0.25) is 0 Å². The van der Waals surface area contributed by atoms with Crippen molar-refractivity contribution < 1.29 is 14.3 Å². The van der Waals surface area contributed by atoms with Gasteiger partial charge in [0, 0.05) is 23.1 Å². The van der Waals surface area contributed by atoms with Gasteiger partial charge >= 0.3 is 0 Å². The van der Waals surface area contributed by atoms with Gasteiger partial charge in [-0.25, -0.2) is 0 Å². The molecule has 0 saturated heterocycles. The summed E-state index contributed by atoms with van der Waals surface area (Å²) in [5, 5.41) is 0.602. The van der Waals surface area contributed by atoms with Crippen LogP contribution in [0.2, 0.25) is 5.02 Å². The smallest absolute Gasteiger partial charge is 0.165 e. The highest BCUT2D eigenvalue weighted by atomic mass is 35.5. The highest BCUT2D eigenvalue weighted by Gasteiger charge is 2.24. The van der Waals surface area contributed by atoms with E-state index < -0.39 is 0 Å². The fourth-order valence-electron chi connectivity index (χ4n) is 2.16.